The summed E-state index contributed by atoms with van der Waals surface area (Å²) in [6, 6.07) is 43.5. The standard InChI is InChI=1S/C26H32F3N3O3.C15H20ClNO2.C14H21NO.C11H13F3N2O/c27-26(28,29)35-24-8-6-23(7-9-24)31-15-17-32(18-16-31)25(33)34-19-12-21-10-13-30(14-11-21)20-22-4-2-1-3-5-22;16-15(18)19-11-8-13-6-9-17(10-7-13)12-14-4-2-1-3-5-14;16-11-8-13-6-9-15(10-7-13)12-14-4-2-1-3-5-14;12-11(13,14)17-10-3-1-9(2-4-10)16-7-5-15-6-8-16/h1-9,21H,10-20H2;1-5,13H,6-12H2;1-5,13,16H,6-12H2;1-4,15H,5-8H2. The van der Waals surface area contributed by atoms with Crippen molar-refractivity contribution in [1.29, 1.82) is 0 Å². The van der Waals surface area contributed by atoms with E-state index in [1.54, 1.807) is 29.2 Å². The number of ether oxygens (including phenoxy) is 4. The fraction of sp³-hybridized carbons (Fsp3) is 0.515. The van der Waals surface area contributed by atoms with Crippen molar-refractivity contribution in [2.24, 2.45) is 17.8 Å². The van der Waals surface area contributed by atoms with Gasteiger partial charge in [0, 0.05) is 102 Å². The number of rotatable bonds is 18. The molecule has 5 heterocycles. The Morgan fingerprint density at radius 3 is 1.15 bits per heavy atom. The molecule has 1 amide bonds. The van der Waals surface area contributed by atoms with Crippen LogP contribution in [-0.4, -0.2) is 160 Å². The Morgan fingerprint density at radius 1 is 0.460 bits per heavy atom. The minimum atomic E-state index is -4.70. The molecule has 5 fully saturated rings. The monoisotopic (exact) mass is 1240 g/mol. The Hall–Kier alpha value is -6.29. The molecule has 2 N–H and O–H groups in total. The molecular formula is C66H86ClF6N7O7. The number of likely N-dealkylation sites (tertiary alicyclic amines) is 3. The molecule has 0 atom stereocenters. The number of alkyl halides is 6. The number of carbonyl (C=O) groups is 2. The molecule has 0 bridgehead atoms. The van der Waals surface area contributed by atoms with Gasteiger partial charge >= 0.3 is 24.2 Å². The van der Waals surface area contributed by atoms with Gasteiger partial charge in [0.2, 0.25) is 0 Å². The van der Waals surface area contributed by atoms with Gasteiger partial charge < -0.3 is 44.1 Å². The largest absolute Gasteiger partial charge is 0.573 e. The normalized spacial score (nSPS) is 17.8. The van der Waals surface area contributed by atoms with E-state index in [2.05, 4.69) is 113 Å². The number of aliphatic hydroxyl groups excluding tert-OH is 1. The second-order valence-corrected chi connectivity index (χ2v) is 23.0. The zero-order chi connectivity index (χ0) is 61.7. The Balaban J connectivity index is 0.000000177. The maximum Gasteiger partial charge on any atom is 0.573 e. The van der Waals surface area contributed by atoms with Crippen molar-refractivity contribution in [3.8, 4) is 11.5 Å². The van der Waals surface area contributed by atoms with Crippen LogP contribution in [0.5, 0.6) is 11.5 Å². The topological polar surface area (TPSA) is 123 Å². The second-order valence-electron chi connectivity index (χ2n) is 22.7. The molecule has 0 radical (unpaired) electrons. The SMILES string of the molecule is FC(F)(F)Oc1ccc(N2CCNCC2)cc1.O=C(Cl)OCCC1CCN(Cc2ccccc2)CC1.O=C(OCCC1CCN(Cc2ccccc2)CC1)N1CCN(c2ccc(OC(F)(F)F)cc2)CC1.OCCC1CCN(Cc2ccccc2)CC1. The van der Waals surface area contributed by atoms with Gasteiger partial charge in [-0.3, -0.25) is 14.7 Å². The zero-order valence-electron chi connectivity index (χ0n) is 49.7. The highest BCUT2D eigenvalue weighted by atomic mass is 35.5. The maximum atomic E-state index is 12.5. The van der Waals surface area contributed by atoms with Crippen molar-refractivity contribution in [2.45, 2.75) is 90.1 Å². The molecule has 87 heavy (non-hydrogen) atoms. The molecule has 21 heteroatoms. The lowest BCUT2D eigenvalue weighted by molar-refractivity contribution is -0.275. The average molecular weight is 1240 g/mol. The maximum absolute atomic E-state index is 12.5. The third kappa shape index (κ3) is 26.5. The number of anilines is 2. The molecule has 0 saturated carbocycles. The summed E-state index contributed by atoms with van der Waals surface area (Å²) in [4.78, 5) is 36.3. The summed E-state index contributed by atoms with van der Waals surface area (Å²) in [5.41, 5.74) is 5.14. The number of aliphatic hydroxyl groups is 1. The Morgan fingerprint density at radius 2 is 0.805 bits per heavy atom. The van der Waals surface area contributed by atoms with Crippen LogP contribution in [-0.2, 0) is 29.1 Å². The van der Waals surface area contributed by atoms with Crippen LogP contribution in [0.4, 0.5) is 47.3 Å². The van der Waals surface area contributed by atoms with E-state index < -0.39 is 18.2 Å². The van der Waals surface area contributed by atoms with E-state index in [-0.39, 0.29) is 17.6 Å². The predicted molar refractivity (Wildman–Crippen MR) is 328 cm³/mol. The van der Waals surface area contributed by atoms with Crippen LogP contribution < -0.4 is 24.6 Å². The van der Waals surface area contributed by atoms with Crippen LogP contribution in [0.2, 0.25) is 0 Å². The predicted octanol–water partition coefficient (Wildman–Crippen LogP) is 13.1. The molecular weight excluding hydrogens is 1150 g/mol. The average Bonchev–Trinajstić information content (AvgIpc) is 3.61. The van der Waals surface area contributed by atoms with Gasteiger partial charge in [0.15, 0.2) is 0 Å². The molecule has 10 rings (SSSR count). The number of halogens is 7. The minimum absolute atomic E-state index is 0.184. The Labute approximate surface area is 514 Å². The first-order valence-corrected chi connectivity index (χ1v) is 31.0. The number of nitrogens with zero attached hydrogens (tertiary/aromatic N) is 6. The van der Waals surface area contributed by atoms with E-state index in [1.165, 1.54) is 79.7 Å². The highest BCUT2D eigenvalue weighted by Crippen LogP contribution is 2.29. The number of amides is 1. The first kappa shape index (κ1) is 68.2. The van der Waals surface area contributed by atoms with Gasteiger partial charge in [-0.1, -0.05) is 91.0 Å². The summed E-state index contributed by atoms with van der Waals surface area (Å²) in [7, 11) is 0. The summed E-state index contributed by atoms with van der Waals surface area (Å²) < 4.78 is 90.9. The smallest absolute Gasteiger partial charge is 0.454 e. The summed E-state index contributed by atoms with van der Waals surface area (Å²) >= 11 is 5.14. The van der Waals surface area contributed by atoms with Crippen LogP contribution in [0.15, 0.2) is 140 Å². The lowest BCUT2D eigenvalue weighted by Gasteiger charge is -2.35. The van der Waals surface area contributed by atoms with E-state index in [0.29, 0.717) is 57.8 Å². The van der Waals surface area contributed by atoms with Crippen molar-refractivity contribution in [2.75, 3.05) is 121 Å². The van der Waals surface area contributed by atoms with Crippen molar-refractivity contribution in [3.63, 3.8) is 0 Å². The summed E-state index contributed by atoms with van der Waals surface area (Å²) in [6.45, 7) is 16.8. The fourth-order valence-electron chi connectivity index (χ4n) is 11.5. The second kappa shape index (κ2) is 36.3. The molecule has 5 aromatic carbocycles. The van der Waals surface area contributed by atoms with Gasteiger partial charge in [-0.2, -0.15) is 0 Å². The van der Waals surface area contributed by atoms with Crippen LogP contribution in [0.1, 0.15) is 74.5 Å². The van der Waals surface area contributed by atoms with Gasteiger partial charge in [0.1, 0.15) is 11.5 Å². The van der Waals surface area contributed by atoms with Gasteiger partial charge in [0.25, 0.3) is 0 Å². The molecule has 0 aliphatic carbocycles. The lowest BCUT2D eigenvalue weighted by atomic mass is 9.93. The minimum Gasteiger partial charge on any atom is -0.454 e. The molecule has 476 valence electrons. The molecule has 5 aliphatic rings. The number of benzene rings is 5. The van der Waals surface area contributed by atoms with E-state index in [4.69, 9.17) is 26.2 Å². The van der Waals surface area contributed by atoms with Crippen molar-refractivity contribution < 1.29 is 60.0 Å². The van der Waals surface area contributed by atoms with E-state index in [1.807, 2.05) is 17.0 Å². The van der Waals surface area contributed by atoms with Gasteiger partial charge in [-0.25, -0.2) is 9.59 Å². The van der Waals surface area contributed by atoms with Gasteiger partial charge in [0.05, 0.1) is 13.2 Å². The van der Waals surface area contributed by atoms with Crippen molar-refractivity contribution >= 4 is 34.5 Å². The van der Waals surface area contributed by atoms with Crippen LogP contribution in [0.3, 0.4) is 0 Å². The number of hydrogen-bond donors (Lipinski definition) is 2. The quantitative estimate of drug-likeness (QED) is 0.0640. The Bertz CT molecular complexity index is 2670. The first-order chi connectivity index (χ1) is 42.0. The summed E-state index contributed by atoms with van der Waals surface area (Å²) in [5.74, 6) is 1.55. The molecule has 5 aromatic rings. The summed E-state index contributed by atoms with van der Waals surface area (Å²) in [6.07, 6.45) is 0.254. The van der Waals surface area contributed by atoms with Crippen LogP contribution >= 0.6 is 11.6 Å². The number of nitrogens with one attached hydrogen (secondary N) is 1. The molecule has 5 aliphatic heterocycles. The third-order valence-corrected chi connectivity index (χ3v) is 16.5. The van der Waals surface area contributed by atoms with Crippen molar-refractivity contribution in [1.82, 2.24) is 24.9 Å². The highest BCUT2D eigenvalue weighted by molar-refractivity contribution is 6.61. The number of piperazine rings is 2. The fourth-order valence-corrected chi connectivity index (χ4v) is 11.6. The summed E-state index contributed by atoms with van der Waals surface area (Å²) in [5, 5.41) is 12.1. The molecule has 0 aromatic heterocycles. The lowest BCUT2D eigenvalue weighted by Crippen LogP contribution is -2.49. The van der Waals surface area contributed by atoms with E-state index in [9.17, 15) is 35.9 Å². The van der Waals surface area contributed by atoms with E-state index >= 15 is 0 Å². The van der Waals surface area contributed by atoms with E-state index in [0.717, 1.165) is 121 Å². The first-order valence-electron chi connectivity index (χ1n) is 30.6. The van der Waals surface area contributed by atoms with Crippen molar-refractivity contribution in [3.05, 3.63) is 156 Å². The van der Waals surface area contributed by atoms with Crippen LogP contribution in [0, 0.1) is 17.8 Å². The third-order valence-electron chi connectivity index (χ3n) is 16.4. The number of carbonyl (C=O) groups excluding carboxylic acids is 2. The molecule has 14 nitrogen and oxygen atoms in total. The zero-order valence-corrected chi connectivity index (χ0v) is 50.5. The van der Waals surface area contributed by atoms with Gasteiger partial charge in [-0.05, 0) is 180 Å². The van der Waals surface area contributed by atoms with Gasteiger partial charge in [-0.15, -0.1) is 26.3 Å². The number of piperidine rings is 3. The van der Waals surface area contributed by atoms with Crippen LogP contribution in [0.25, 0.3) is 0 Å². The highest BCUT2D eigenvalue weighted by Gasteiger charge is 2.32. The molecule has 0 spiro atoms. The number of hydrogen-bond acceptors (Lipinski definition) is 13. The molecule has 5 saturated heterocycles. The Kier molecular flexibility index (Phi) is 28.4. The molecule has 0 unspecified atom stereocenters.